The minimum absolute atomic E-state index is 0.0994. The number of ether oxygens (including phenoxy) is 1. The summed E-state index contributed by atoms with van der Waals surface area (Å²) in [6, 6.07) is 7.07. The Morgan fingerprint density at radius 1 is 1.39 bits per heavy atom. The van der Waals surface area contributed by atoms with Crippen molar-refractivity contribution in [2.45, 2.75) is 12.8 Å². The third-order valence-corrected chi connectivity index (χ3v) is 2.76. The summed E-state index contributed by atoms with van der Waals surface area (Å²) in [5.41, 5.74) is 0.875. The smallest absolute Gasteiger partial charge is 0.303 e. The fraction of sp³-hybridized carbons (Fsp3) is 0.231. The van der Waals surface area contributed by atoms with E-state index in [0.717, 1.165) is 0 Å². The third kappa shape index (κ3) is 2.20. The van der Waals surface area contributed by atoms with Crippen molar-refractivity contribution in [2.24, 2.45) is 0 Å². The van der Waals surface area contributed by atoms with E-state index in [1.54, 1.807) is 18.2 Å². The molecule has 2 N–H and O–H groups in total. The van der Waals surface area contributed by atoms with Crippen LogP contribution in [-0.2, 0) is 11.2 Å². The molecule has 2 aromatic rings. The summed E-state index contributed by atoms with van der Waals surface area (Å²) in [4.78, 5) is 25.8. The number of rotatable bonds is 4. The fourth-order valence-corrected chi connectivity index (χ4v) is 1.89. The number of carboxylic acid groups (broad SMARTS) is 1. The van der Waals surface area contributed by atoms with Crippen molar-refractivity contribution >= 4 is 16.9 Å². The third-order valence-electron chi connectivity index (χ3n) is 2.76. The van der Waals surface area contributed by atoms with Crippen LogP contribution in [0, 0.1) is 0 Å². The molecule has 0 saturated carbocycles. The van der Waals surface area contributed by atoms with Gasteiger partial charge in [0.1, 0.15) is 0 Å². The molecule has 0 saturated heterocycles. The largest absolute Gasteiger partial charge is 0.482 e. The molecule has 0 spiro atoms. The van der Waals surface area contributed by atoms with Gasteiger partial charge in [-0.3, -0.25) is 9.59 Å². The molecule has 0 atom stereocenters. The monoisotopic (exact) mass is 247 g/mol. The number of para-hydroxylation sites is 1. The lowest BCUT2D eigenvalue weighted by Crippen LogP contribution is -2.14. The van der Waals surface area contributed by atoms with Crippen LogP contribution >= 0.6 is 0 Å². The van der Waals surface area contributed by atoms with E-state index in [1.165, 1.54) is 7.11 Å². The molecule has 0 fully saturated rings. The number of carbonyl (C=O) groups is 1. The molecular formula is C13H13NO4. The van der Waals surface area contributed by atoms with Crippen LogP contribution in [0.2, 0.25) is 0 Å². The fourth-order valence-electron chi connectivity index (χ4n) is 1.89. The average molecular weight is 247 g/mol. The molecule has 1 aromatic heterocycles. The van der Waals surface area contributed by atoms with Crippen molar-refractivity contribution in [3.05, 3.63) is 40.1 Å². The van der Waals surface area contributed by atoms with Gasteiger partial charge < -0.3 is 14.8 Å². The molecule has 0 amide bonds. The van der Waals surface area contributed by atoms with E-state index in [-0.39, 0.29) is 18.3 Å². The molecule has 1 heterocycles. The van der Waals surface area contributed by atoms with E-state index in [0.29, 0.717) is 22.3 Å². The Hall–Kier alpha value is -2.30. The molecular weight excluding hydrogens is 234 g/mol. The van der Waals surface area contributed by atoms with Gasteiger partial charge in [0.15, 0.2) is 11.3 Å². The van der Waals surface area contributed by atoms with E-state index in [9.17, 15) is 9.59 Å². The van der Waals surface area contributed by atoms with E-state index in [4.69, 9.17) is 9.84 Å². The molecule has 94 valence electrons. The van der Waals surface area contributed by atoms with E-state index < -0.39 is 5.97 Å². The quantitative estimate of drug-likeness (QED) is 0.859. The van der Waals surface area contributed by atoms with Crippen molar-refractivity contribution in [1.82, 2.24) is 4.98 Å². The number of pyridine rings is 1. The number of benzene rings is 1. The number of methoxy groups -OCH3 is 1. The number of aromatic nitrogens is 1. The highest BCUT2D eigenvalue weighted by Crippen LogP contribution is 2.18. The van der Waals surface area contributed by atoms with Gasteiger partial charge in [-0.1, -0.05) is 12.1 Å². The molecule has 18 heavy (non-hydrogen) atoms. The lowest BCUT2D eigenvalue weighted by molar-refractivity contribution is -0.136. The highest BCUT2D eigenvalue weighted by Gasteiger charge is 2.13. The zero-order valence-electron chi connectivity index (χ0n) is 9.90. The number of aliphatic carboxylic acids is 1. The van der Waals surface area contributed by atoms with Gasteiger partial charge in [-0.25, -0.2) is 0 Å². The number of fused-ring (bicyclic) bond motifs is 1. The zero-order valence-corrected chi connectivity index (χ0v) is 9.90. The van der Waals surface area contributed by atoms with Crippen LogP contribution < -0.4 is 10.2 Å². The zero-order chi connectivity index (χ0) is 13.1. The molecule has 2 rings (SSSR count). The summed E-state index contributed by atoms with van der Waals surface area (Å²) in [5, 5.41) is 9.23. The van der Waals surface area contributed by atoms with Crippen molar-refractivity contribution < 1.29 is 14.6 Å². The van der Waals surface area contributed by atoms with Crippen molar-refractivity contribution in [2.75, 3.05) is 7.11 Å². The summed E-state index contributed by atoms with van der Waals surface area (Å²) in [6.45, 7) is 0. The van der Waals surface area contributed by atoms with Crippen molar-refractivity contribution in [3.63, 3.8) is 0 Å². The van der Waals surface area contributed by atoms with Gasteiger partial charge >= 0.3 is 5.97 Å². The van der Waals surface area contributed by atoms with Crippen LogP contribution in [0.4, 0.5) is 0 Å². The average Bonchev–Trinajstić information content (AvgIpc) is 2.37. The molecule has 0 unspecified atom stereocenters. The number of carboxylic acids is 1. The Balaban J connectivity index is 2.59. The molecule has 0 radical (unpaired) electrons. The second kappa shape index (κ2) is 4.91. The highest BCUT2D eigenvalue weighted by atomic mass is 16.5. The number of aromatic amines is 1. The van der Waals surface area contributed by atoms with Gasteiger partial charge in [0.05, 0.1) is 18.2 Å². The summed E-state index contributed by atoms with van der Waals surface area (Å²) in [7, 11) is 1.45. The molecule has 5 heteroatoms. The van der Waals surface area contributed by atoms with Crippen molar-refractivity contribution in [3.8, 4) is 5.88 Å². The molecule has 0 aliphatic heterocycles. The van der Waals surface area contributed by atoms with Crippen LogP contribution in [0.3, 0.4) is 0 Å². The minimum atomic E-state index is -0.940. The minimum Gasteiger partial charge on any atom is -0.482 e. The van der Waals surface area contributed by atoms with Crippen molar-refractivity contribution in [1.29, 1.82) is 0 Å². The first kappa shape index (κ1) is 12.2. The first-order chi connectivity index (χ1) is 8.63. The summed E-state index contributed by atoms with van der Waals surface area (Å²) in [5.74, 6) is -0.607. The second-order valence-electron chi connectivity index (χ2n) is 3.91. The number of nitrogens with one attached hydrogen (secondary N) is 1. The van der Waals surface area contributed by atoms with Gasteiger partial charge in [0.2, 0.25) is 0 Å². The predicted octanol–water partition coefficient (Wildman–Crippen LogP) is 1.55. The Kier molecular flexibility index (Phi) is 3.32. The second-order valence-corrected chi connectivity index (χ2v) is 3.91. The SMILES string of the molecule is COc1[nH]c2ccccc2c(=O)c1CCC(=O)O. The Morgan fingerprint density at radius 2 is 2.11 bits per heavy atom. The van der Waals surface area contributed by atoms with E-state index in [1.807, 2.05) is 6.07 Å². The topological polar surface area (TPSA) is 79.4 Å². The Morgan fingerprint density at radius 3 is 2.78 bits per heavy atom. The normalized spacial score (nSPS) is 10.5. The first-order valence-corrected chi connectivity index (χ1v) is 5.53. The lowest BCUT2D eigenvalue weighted by Gasteiger charge is -2.08. The standard InChI is InChI=1S/C13H13NO4/c1-18-13-9(6-7-11(15)16)12(17)8-4-2-3-5-10(8)14-13/h2-5H,6-7H2,1H3,(H,14,17)(H,15,16). The van der Waals surface area contributed by atoms with Gasteiger partial charge in [0.25, 0.3) is 0 Å². The molecule has 1 aromatic carbocycles. The van der Waals surface area contributed by atoms with Gasteiger partial charge in [0, 0.05) is 11.8 Å². The molecule has 5 nitrogen and oxygen atoms in total. The number of H-pyrrole nitrogens is 1. The highest BCUT2D eigenvalue weighted by molar-refractivity contribution is 5.80. The molecule has 0 bridgehead atoms. The van der Waals surface area contributed by atoms with Crippen LogP contribution in [0.5, 0.6) is 5.88 Å². The predicted molar refractivity (Wildman–Crippen MR) is 67.1 cm³/mol. The lowest BCUT2D eigenvalue weighted by atomic mass is 10.1. The van der Waals surface area contributed by atoms with E-state index in [2.05, 4.69) is 4.98 Å². The number of hydrogen-bond acceptors (Lipinski definition) is 3. The van der Waals surface area contributed by atoms with Crippen LogP contribution in [0.25, 0.3) is 10.9 Å². The van der Waals surface area contributed by atoms with Crippen LogP contribution in [-0.4, -0.2) is 23.2 Å². The maximum Gasteiger partial charge on any atom is 0.303 e. The first-order valence-electron chi connectivity index (χ1n) is 5.53. The molecule has 0 aliphatic rings. The molecule has 0 aliphatic carbocycles. The Labute approximate surface area is 103 Å². The number of hydrogen-bond donors (Lipinski definition) is 2. The summed E-state index contributed by atoms with van der Waals surface area (Å²) >= 11 is 0. The maximum absolute atomic E-state index is 12.2. The van der Waals surface area contributed by atoms with Crippen LogP contribution in [0.1, 0.15) is 12.0 Å². The van der Waals surface area contributed by atoms with Gasteiger partial charge in [-0.2, -0.15) is 0 Å². The van der Waals surface area contributed by atoms with Crippen LogP contribution in [0.15, 0.2) is 29.1 Å². The maximum atomic E-state index is 12.2. The van der Waals surface area contributed by atoms with Gasteiger partial charge in [-0.05, 0) is 18.6 Å². The van der Waals surface area contributed by atoms with Gasteiger partial charge in [-0.15, -0.1) is 0 Å². The Bertz CT molecular complexity index is 645. The van der Waals surface area contributed by atoms with E-state index >= 15 is 0 Å². The summed E-state index contributed by atoms with van der Waals surface area (Å²) in [6.07, 6.45) is 0.0520. The summed E-state index contributed by atoms with van der Waals surface area (Å²) < 4.78 is 5.12.